The van der Waals surface area contributed by atoms with Crippen LogP contribution in [0.2, 0.25) is 0 Å². The molecule has 0 aromatic heterocycles. The number of fused-ring (bicyclic) bond motifs is 3. The molecule has 3 saturated heterocycles. The fourth-order valence-electron chi connectivity index (χ4n) is 3.16. The van der Waals surface area contributed by atoms with E-state index in [0.29, 0.717) is 12.0 Å². The second-order valence-electron chi connectivity index (χ2n) is 5.82. The van der Waals surface area contributed by atoms with Gasteiger partial charge in [0.15, 0.2) is 6.61 Å². The molecule has 1 aromatic rings. The zero-order chi connectivity index (χ0) is 14.9. The van der Waals surface area contributed by atoms with E-state index < -0.39 is 12.8 Å². The molecule has 3 heterocycles. The lowest BCUT2D eigenvalue weighted by Crippen LogP contribution is -2.53. The first-order valence-corrected chi connectivity index (χ1v) is 7.28. The number of hydrogen-bond acceptors (Lipinski definition) is 3. The molecule has 116 valence electrons. The van der Waals surface area contributed by atoms with Crippen molar-refractivity contribution < 1.29 is 17.9 Å². The van der Waals surface area contributed by atoms with Gasteiger partial charge in [0.2, 0.25) is 0 Å². The summed E-state index contributed by atoms with van der Waals surface area (Å²) in [4.78, 5) is 2.46. The molecular weight excluding hydrogens is 281 g/mol. The number of hydrogen-bond donors (Lipinski definition) is 1. The van der Waals surface area contributed by atoms with Gasteiger partial charge in [0, 0.05) is 18.3 Å². The zero-order valence-electron chi connectivity index (χ0n) is 11.7. The van der Waals surface area contributed by atoms with Gasteiger partial charge in [-0.3, -0.25) is 0 Å². The van der Waals surface area contributed by atoms with E-state index in [9.17, 15) is 13.2 Å². The highest BCUT2D eigenvalue weighted by Gasteiger charge is 2.33. The van der Waals surface area contributed by atoms with Crippen LogP contribution in [0, 0.1) is 5.92 Å². The van der Waals surface area contributed by atoms with Gasteiger partial charge in [-0.25, -0.2) is 0 Å². The van der Waals surface area contributed by atoms with Crippen molar-refractivity contribution in [3.05, 3.63) is 24.3 Å². The Kier molecular flexibility index (Phi) is 3.97. The van der Waals surface area contributed by atoms with E-state index in [2.05, 4.69) is 10.2 Å². The summed E-state index contributed by atoms with van der Waals surface area (Å²) in [6.07, 6.45) is -1.85. The van der Waals surface area contributed by atoms with Gasteiger partial charge in [0.05, 0.1) is 0 Å². The molecule has 0 aliphatic carbocycles. The molecule has 21 heavy (non-hydrogen) atoms. The maximum atomic E-state index is 12.1. The number of halogens is 3. The van der Waals surface area contributed by atoms with Gasteiger partial charge in [-0.2, -0.15) is 13.2 Å². The summed E-state index contributed by atoms with van der Waals surface area (Å²) in [7, 11) is 0. The molecule has 2 bridgehead atoms. The van der Waals surface area contributed by atoms with E-state index in [1.165, 1.54) is 25.9 Å². The fraction of sp³-hybridized carbons (Fsp3) is 0.600. The molecule has 3 nitrogen and oxygen atoms in total. The topological polar surface area (TPSA) is 24.5 Å². The van der Waals surface area contributed by atoms with Crippen molar-refractivity contribution in [1.29, 1.82) is 0 Å². The van der Waals surface area contributed by atoms with Crippen molar-refractivity contribution in [2.24, 2.45) is 5.92 Å². The molecule has 3 aliphatic heterocycles. The molecular formula is C15H19F3N2O. The minimum Gasteiger partial charge on any atom is -0.484 e. The van der Waals surface area contributed by atoms with Crippen LogP contribution in [-0.4, -0.2) is 43.4 Å². The molecule has 4 rings (SSSR count). The van der Waals surface area contributed by atoms with Gasteiger partial charge >= 0.3 is 6.18 Å². The summed E-state index contributed by atoms with van der Waals surface area (Å²) in [5, 5.41) is 3.49. The van der Waals surface area contributed by atoms with E-state index in [-0.39, 0.29) is 5.75 Å². The van der Waals surface area contributed by atoms with Crippen molar-refractivity contribution >= 4 is 5.69 Å². The molecule has 6 heteroatoms. The number of benzene rings is 1. The predicted molar refractivity (Wildman–Crippen MR) is 74.6 cm³/mol. The summed E-state index contributed by atoms with van der Waals surface area (Å²) < 4.78 is 40.9. The van der Waals surface area contributed by atoms with Gasteiger partial charge in [-0.15, -0.1) is 0 Å². The molecule has 1 atom stereocenters. The molecule has 3 fully saturated rings. The van der Waals surface area contributed by atoms with Crippen molar-refractivity contribution in [3.63, 3.8) is 0 Å². The van der Waals surface area contributed by atoms with Gasteiger partial charge in [-0.1, -0.05) is 0 Å². The van der Waals surface area contributed by atoms with E-state index >= 15 is 0 Å². The summed E-state index contributed by atoms with van der Waals surface area (Å²) in [6.45, 7) is 2.18. The van der Waals surface area contributed by atoms with Gasteiger partial charge in [0.25, 0.3) is 0 Å². The Morgan fingerprint density at radius 2 is 1.81 bits per heavy atom. The lowest BCUT2D eigenvalue weighted by molar-refractivity contribution is -0.153. The van der Waals surface area contributed by atoms with Crippen LogP contribution in [0.4, 0.5) is 18.9 Å². The molecule has 0 saturated carbocycles. The molecule has 0 amide bonds. The Labute approximate surface area is 122 Å². The summed E-state index contributed by atoms with van der Waals surface area (Å²) in [5.74, 6) is 0.947. The van der Waals surface area contributed by atoms with E-state index in [0.717, 1.165) is 12.2 Å². The third kappa shape index (κ3) is 3.81. The van der Waals surface area contributed by atoms with E-state index in [1.54, 1.807) is 24.3 Å². The average Bonchev–Trinajstić information content (AvgIpc) is 2.47. The lowest BCUT2D eigenvalue weighted by atomic mass is 9.84. The number of nitrogens with one attached hydrogen (secondary N) is 1. The molecule has 1 aromatic carbocycles. The Balaban J connectivity index is 1.55. The van der Waals surface area contributed by atoms with Gasteiger partial charge < -0.3 is 15.0 Å². The van der Waals surface area contributed by atoms with Crippen LogP contribution in [0.25, 0.3) is 0 Å². The Hall–Kier alpha value is -1.43. The normalized spacial score (nSPS) is 28.4. The van der Waals surface area contributed by atoms with Crippen molar-refractivity contribution in [1.82, 2.24) is 4.90 Å². The minimum atomic E-state index is -4.30. The van der Waals surface area contributed by atoms with Crippen LogP contribution in [0.15, 0.2) is 24.3 Å². The first-order valence-electron chi connectivity index (χ1n) is 7.28. The monoisotopic (exact) mass is 300 g/mol. The Bertz CT molecular complexity index is 467. The highest BCUT2D eigenvalue weighted by molar-refractivity contribution is 5.47. The van der Waals surface area contributed by atoms with Crippen molar-refractivity contribution in [3.8, 4) is 5.75 Å². The van der Waals surface area contributed by atoms with Crippen LogP contribution >= 0.6 is 0 Å². The number of rotatable bonds is 4. The minimum absolute atomic E-state index is 0.242. The maximum absolute atomic E-state index is 12.1. The number of alkyl halides is 3. The fourth-order valence-corrected chi connectivity index (χ4v) is 3.16. The molecule has 1 unspecified atom stereocenters. The van der Waals surface area contributed by atoms with Crippen LogP contribution in [0.1, 0.15) is 12.8 Å². The van der Waals surface area contributed by atoms with Crippen LogP contribution in [-0.2, 0) is 0 Å². The lowest BCUT2D eigenvalue weighted by Gasteiger charge is -2.45. The highest BCUT2D eigenvalue weighted by atomic mass is 19.4. The number of ether oxygens (including phenoxy) is 1. The average molecular weight is 300 g/mol. The predicted octanol–water partition coefficient (Wildman–Crippen LogP) is 3.13. The van der Waals surface area contributed by atoms with Crippen molar-refractivity contribution in [2.45, 2.75) is 25.1 Å². The summed E-state index contributed by atoms with van der Waals surface area (Å²) in [6, 6.07) is 7.16. The third-order valence-electron chi connectivity index (χ3n) is 4.27. The second kappa shape index (κ2) is 5.75. The molecule has 0 spiro atoms. The zero-order valence-corrected chi connectivity index (χ0v) is 11.7. The third-order valence-corrected chi connectivity index (χ3v) is 4.27. The molecule has 1 N–H and O–H groups in total. The molecule has 3 aliphatic rings. The first kappa shape index (κ1) is 14.5. The number of piperidine rings is 3. The van der Waals surface area contributed by atoms with Crippen LogP contribution in [0.3, 0.4) is 0 Å². The van der Waals surface area contributed by atoms with E-state index in [4.69, 9.17) is 4.74 Å². The standard InChI is InChI=1S/C15H19F3N2O/c16-15(17,18)10-21-13-3-1-12(2-4-13)19-14-9-20-7-5-11(14)6-8-20/h1-4,11,14,19H,5-10H2. The number of nitrogens with zero attached hydrogens (tertiary/aromatic N) is 1. The number of anilines is 1. The summed E-state index contributed by atoms with van der Waals surface area (Å²) in [5.41, 5.74) is 0.938. The summed E-state index contributed by atoms with van der Waals surface area (Å²) >= 11 is 0. The quantitative estimate of drug-likeness (QED) is 0.924. The van der Waals surface area contributed by atoms with Crippen LogP contribution < -0.4 is 10.1 Å². The van der Waals surface area contributed by atoms with Crippen LogP contribution in [0.5, 0.6) is 5.75 Å². The Morgan fingerprint density at radius 3 is 2.33 bits per heavy atom. The van der Waals surface area contributed by atoms with E-state index in [1.807, 2.05) is 0 Å². The second-order valence-corrected chi connectivity index (χ2v) is 5.82. The maximum Gasteiger partial charge on any atom is 0.422 e. The largest absolute Gasteiger partial charge is 0.484 e. The van der Waals surface area contributed by atoms with Gasteiger partial charge in [-0.05, 0) is 56.1 Å². The Morgan fingerprint density at radius 1 is 1.14 bits per heavy atom. The highest BCUT2D eigenvalue weighted by Crippen LogP contribution is 2.30. The van der Waals surface area contributed by atoms with Gasteiger partial charge in [0.1, 0.15) is 5.75 Å². The SMILES string of the molecule is FC(F)(F)COc1ccc(NC2CN3CCC2CC3)cc1. The first-order chi connectivity index (χ1) is 9.99. The molecule has 0 radical (unpaired) electrons. The van der Waals surface area contributed by atoms with Crippen molar-refractivity contribution in [2.75, 3.05) is 31.6 Å². The smallest absolute Gasteiger partial charge is 0.422 e.